The maximum absolute atomic E-state index is 12.6. The summed E-state index contributed by atoms with van der Waals surface area (Å²) in [5.74, 6) is -2.68. The third kappa shape index (κ3) is 2.75. The van der Waals surface area contributed by atoms with Crippen molar-refractivity contribution in [2.24, 2.45) is 0 Å². The molecule has 0 unspecified atom stereocenters. The quantitative estimate of drug-likeness (QED) is 0.450. The van der Waals surface area contributed by atoms with Gasteiger partial charge in [-0.2, -0.15) is 0 Å². The molecule has 8 heteroatoms. The van der Waals surface area contributed by atoms with Gasteiger partial charge in [-0.1, -0.05) is 64.6 Å². The number of phenols is 1. The predicted molar refractivity (Wildman–Crippen MR) is 85.0 cm³/mol. The number of hydrogen-bond donors (Lipinski definition) is 2. The van der Waals surface area contributed by atoms with Gasteiger partial charge in [-0.05, 0) is 6.07 Å². The first-order valence-electron chi connectivity index (χ1n) is 5.69. The molecule has 0 aliphatic heterocycles. The zero-order chi connectivity index (χ0) is 16.6. The normalized spacial score (nSPS) is 10.5. The van der Waals surface area contributed by atoms with Crippen molar-refractivity contribution in [1.29, 1.82) is 0 Å². The molecular formula is C14H6Cl4O4. The summed E-state index contributed by atoms with van der Waals surface area (Å²) in [7, 11) is 0. The first-order chi connectivity index (χ1) is 10.3. The number of carbonyl (C=O) groups excluding carboxylic acids is 1. The van der Waals surface area contributed by atoms with Gasteiger partial charge in [-0.3, -0.25) is 4.79 Å². The van der Waals surface area contributed by atoms with Crippen LogP contribution < -0.4 is 0 Å². The number of hydrogen-bond acceptors (Lipinski definition) is 3. The van der Waals surface area contributed by atoms with E-state index in [2.05, 4.69) is 0 Å². The van der Waals surface area contributed by atoms with Crippen molar-refractivity contribution in [1.82, 2.24) is 0 Å². The third-order valence-corrected chi connectivity index (χ3v) is 4.55. The third-order valence-electron chi connectivity index (χ3n) is 2.87. The number of carboxylic acid groups (broad SMARTS) is 1. The van der Waals surface area contributed by atoms with Crippen LogP contribution in [0.15, 0.2) is 24.3 Å². The van der Waals surface area contributed by atoms with Crippen LogP contribution in [0.4, 0.5) is 0 Å². The zero-order valence-electron chi connectivity index (χ0n) is 10.5. The molecule has 0 spiro atoms. The van der Waals surface area contributed by atoms with Gasteiger partial charge in [-0.25, -0.2) is 4.79 Å². The van der Waals surface area contributed by atoms with E-state index in [0.29, 0.717) is 0 Å². The summed E-state index contributed by atoms with van der Waals surface area (Å²) in [6.07, 6.45) is 0. The molecule has 2 aromatic rings. The van der Waals surface area contributed by atoms with E-state index in [1.165, 1.54) is 24.3 Å². The number of aromatic carboxylic acids is 1. The van der Waals surface area contributed by atoms with E-state index in [1.54, 1.807) is 0 Å². The van der Waals surface area contributed by atoms with Crippen LogP contribution >= 0.6 is 46.4 Å². The fourth-order valence-electron chi connectivity index (χ4n) is 1.82. The number of carboxylic acids is 1. The minimum Gasteiger partial charge on any atom is -0.505 e. The summed E-state index contributed by atoms with van der Waals surface area (Å²) in [5, 5.41) is 17.7. The van der Waals surface area contributed by atoms with Crippen LogP contribution in [0.1, 0.15) is 26.3 Å². The van der Waals surface area contributed by atoms with Crippen LogP contribution in [0.5, 0.6) is 5.75 Å². The number of halogens is 4. The van der Waals surface area contributed by atoms with Gasteiger partial charge in [0.05, 0.1) is 26.2 Å². The van der Waals surface area contributed by atoms with Crippen LogP contribution in [0.25, 0.3) is 0 Å². The molecule has 2 aromatic carbocycles. The lowest BCUT2D eigenvalue weighted by Crippen LogP contribution is -2.11. The molecule has 2 rings (SSSR count). The Labute approximate surface area is 144 Å². The summed E-state index contributed by atoms with van der Waals surface area (Å²) in [4.78, 5) is 23.8. The SMILES string of the molecule is O=C(O)c1ccccc1C(=O)c1c(Cl)c(O)c(Cl)c(Cl)c1Cl. The number of ketones is 1. The van der Waals surface area contributed by atoms with E-state index in [4.69, 9.17) is 51.5 Å². The van der Waals surface area contributed by atoms with Crippen molar-refractivity contribution >= 4 is 58.2 Å². The van der Waals surface area contributed by atoms with Crippen LogP contribution in [-0.2, 0) is 0 Å². The Morgan fingerprint density at radius 3 is 1.91 bits per heavy atom. The predicted octanol–water partition coefficient (Wildman–Crippen LogP) is 4.94. The van der Waals surface area contributed by atoms with E-state index >= 15 is 0 Å². The van der Waals surface area contributed by atoms with Crippen molar-refractivity contribution < 1.29 is 19.8 Å². The lowest BCUT2D eigenvalue weighted by molar-refractivity contribution is 0.0693. The molecule has 0 atom stereocenters. The second-order valence-electron chi connectivity index (χ2n) is 4.16. The van der Waals surface area contributed by atoms with Crippen molar-refractivity contribution in [3.8, 4) is 5.75 Å². The van der Waals surface area contributed by atoms with Gasteiger partial charge in [0.1, 0.15) is 5.02 Å². The number of benzene rings is 2. The molecule has 114 valence electrons. The van der Waals surface area contributed by atoms with Crippen LogP contribution in [0.3, 0.4) is 0 Å². The van der Waals surface area contributed by atoms with Crippen LogP contribution in [0.2, 0.25) is 20.1 Å². The van der Waals surface area contributed by atoms with Gasteiger partial charge in [0.25, 0.3) is 0 Å². The molecule has 0 aromatic heterocycles. The highest BCUT2D eigenvalue weighted by Gasteiger charge is 2.27. The van der Waals surface area contributed by atoms with E-state index < -0.39 is 22.5 Å². The van der Waals surface area contributed by atoms with Gasteiger partial charge < -0.3 is 10.2 Å². The average molecular weight is 380 g/mol. The molecule has 22 heavy (non-hydrogen) atoms. The Balaban J connectivity index is 2.74. The fourth-order valence-corrected chi connectivity index (χ4v) is 2.89. The molecular weight excluding hydrogens is 374 g/mol. The molecule has 0 aliphatic carbocycles. The summed E-state index contributed by atoms with van der Waals surface area (Å²) in [6, 6.07) is 5.52. The molecule has 2 N–H and O–H groups in total. The Morgan fingerprint density at radius 2 is 1.36 bits per heavy atom. The van der Waals surface area contributed by atoms with Gasteiger partial charge in [-0.15, -0.1) is 0 Å². The van der Waals surface area contributed by atoms with E-state index in [1.807, 2.05) is 0 Å². The molecule has 0 radical (unpaired) electrons. The van der Waals surface area contributed by atoms with Crippen molar-refractivity contribution in [2.75, 3.05) is 0 Å². The minimum atomic E-state index is -1.29. The van der Waals surface area contributed by atoms with Gasteiger partial charge in [0, 0.05) is 5.56 Å². The molecule has 0 saturated heterocycles. The Kier molecular flexibility index (Phi) is 4.87. The first kappa shape index (κ1) is 16.9. The smallest absolute Gasteiger partial charge is 0.336 e. The van der Waals surface area contributed by atoms with Crippen LogP contribution in [0, 0.1) is 0 Å². The monoisotopic (exact) mass is 378 g/mol. The number of carbonyl (C=O) groups is 2. The lowest BCUT2D eigenvalue weighted by atomic mass is 9.98. The van der Waals surface area contributed by atoms with E-state index in [0.717, 1.165) is 0 Å². The first-order valence-corrected chi connectivity index (χ1v) is 7.20. The largest absolute Gasteiger partial charge is 0.505 e. The van der Waals surface area contributed by atoms with Gasteiger partial charge >= 0.3 is 5.97 Å². The van der Waals surface area contributed by atoms with Crippen LogP contribution in [-0.4, -0.2) is 22.0 Å². The van der Waals surface area contributed by atoms with Crippen molar-refractivity contribution in [2.45, 2.75) is 0 Å². The average Bonchev–Trinajstić information content (AvgIpc) is 2.51. The topological polar surface area (TPSA) is 74.6 Å². The number of phenolic OH excluding ortho intramolecular Hbond substituents is 1. The maximum atomic E-state index is 12.6. The molecule has 0 saturated carbocycles. The van der Waals surface area contributed by atoms with E-state index in [-0.39, 0.29) is 31.8 Å². The highest BCUT2D eigenvalue weighted by Crippen LogP contribution is 2.45. The van der Waals surface area contributed by atoms with Gasteiger partial charge in [0.2, 0.25) is 0 Å². The van der Waals surface area contributed by atoms with E-state index in [9.17, 15) is 14.7 Å². The summed E-state index contributed by atoms with van der Waals surface area (Å²) < 4.78 is 0. The standard InChI is InChI=1S/C14H6Cl4O4/c15-8-7(9(16)13(20)11(18)10(8)17)12(19)5-3-1-2-4-6(5)14(21)22/h1-4,20H,(H,21,22). The lowest BCUT2D eigenvalue weighted by Gasteiger charge is -2.12. The zero-order valence-corrected chi connectivity index (χ0v) is 13.6. The second kappa shape index (κ2) is 6.34. The Bertz CT molecular complexity index is 773. The van der Waals surface area contributed by atoms with Crippen molar-refractivity contribution in [3.05, 3.63) is 61.0 Å². The minimum absolute atomic E-state index is 0.142. The fraction of sp³-hybridized carbons (Fsp3) is 0. The molecule has 0 heterocycles. The summed E-state index contributed by atoms with van der Waals surface area (Å²) in [6.45, 7) is 0. The highest BCUT2D eigenvalue weighted by molar-refractivity contribution is 6.52. The molecule has 0 amide bonds. The highest BCUT2D eigenvalue weighted by atomic mass is 35.5. The summed E-state index contributed by atoms with van der Waals surface area (Å²) >= 11 is 23.5. The molecule has 0 bridgehead atoms. The Morgan fingerprint density at radius 1 is 0.818 bits per heavy atom. The second-order valence-corrected chi connectivity index (χ2v) is 5.67. The van der Waals surface area contributed by atoms with Gasteiger partial charge in [0.15, 0.2) is 11.5 Å². The molecule has 0 aliphatic rings. The molecule has 0 fully saturated rings. The number of rotatable bonds is 3. The Hall–Kier alpha value is -1.46. The summed E-state index contributed by atoms with van der Waals surface area (Å²) in [5.41, 5.74) is -0.689. The maximum Gasteiger partial charge on any atom is 0.336 e. The number of aromatic hydroxyl groups is 1. The van der Waals surface area contributed by atoms with Crippen molar-refractivity contribution in [3.63, 3.8) is 0 Å². The molecule has 4 nitrogen and oxygen atoms in total.